The van der Waals surface area contributed by atoms with E-state index in [0.717, 1.165) is 18.4 Å². The summed E-state index contributed by atoms with van der Waals surface area (Å²) in [5, 5.41) is 0. The number of rotatable bonds is 3. The molecule has 0 radical (unpaired) electrons. The van der Waals surface area contributed by atoms with Gasteiger partial charge in [0.2, 0.25) is 0 Å². The molecule has 1 atom stereocenters. The Morgan fingerprint density at radius 2 is 2.27 bits per heavy atom. The second-order valence-electron chi connectivity index (χ2n) is 4.14. The first-order chi connectivity index (χ1) is 7.21. The number of hydrogen-bond donors (Lipinski definition) is 0. The number of aromatic nitrogens is 1. The Kier molecular flexibility index (Phi) is 2.82. The smallest absolute Gasteiger partial charge is 0.168 e. The Morgan fingerprint density at radius 3 is 2.87 bits per heavy atom. The topological polar surface area (TPSA) is 39.2 Å². The molecule has 1 aliphatic rings. The van der Waals surface area contributed by atoms with Gasteiger partial charge in [0, 0.05) is 25.4 Å². The van der Waals surface area contributed by atoms with Gasteiger partial charge in [0.1, 0.15) is 5.60 Å². The lowest BCUT2D eigenvalue weighted by molar-refractivity contribution is -0.136. The van der Waals surface area contributed by atoms with Gasteiger partial charge >= 0.3 is 0 Å². The van der Waals surface area contributed by atoms with E-state index in [-0.39, 0.29) is 5.78 Å². The van der Waals surface area contributed by atoms with Gasteiger partial charge in [-0.2, -0.15) is 0 Å². The second kappa shape index (κ2) is 4.11. The molecule has 0 N–H and O–H groups in total. The first-order valence-electron chi connectivity index (χ1n) is 5.27. The largest absolute Gasteiger partial charge is 0.367 e. The highest BCUT2D eigenvalue weighted by Gasteiger charge is 2.36. The minimum absolute atomic E-state index is 0.172. The normalized spacial score (nSPS) is 25.4. The summed E-state index contributed by atoms with van der Waals surface area (Å²) < 4.78 is 5.51. The summed E-state index contributed by atoms with van der Waals surface area (Å²) in [4.78, 5) is 15.9. The number of ketones is 1. The van der Waals surface area contributed by atoms with Gasteiger partial charge < -0.3 is 4.74 Å². The van der Waals surface area contributed by atoms with Crippen molar-refractivity contribution in [2.24, 2.45) is 0 Å². The van der Waals surface area contributed by atoms with E-state index in [1.165, 1.54) is 0 Å². The molecule has 0 spiro atoms. The Balaban J connectivity index is 2.04. The van der Waals surface area contributed by atoms with Crippen LogP contribution in [-0.2, 0) is 16.0 Å². The standard InChI is InChI=1S/C12H15NO2/c1-12(5-2-8-15-12)11(14)9-10-3-6-13-7-4-10/h3-4,6-7H,2,5,8-9H2,1H3. The third-order valence-corrected chi connectivity index (χ3v) is 2.92. The van der Waals surface area contributed by atoms with Crippen LogP contribution < -0.4 is 0 Å². The van der Waals surface area contributed by atoms with Gasteiger partial charge in [-0.05, 0) is 37.5 Å². The highest BCUT2D eigenvalue weighted by atomic mass is 16.5. The number of carbonyl (C=O) groups excluding carboxylic acids is 1. The molecule has 15 heavy (non-hydrogen) atoms. The number of nitrogens with zero attached hydrogens (tertiary/aromatic N) is 1. The summed E-state index contributed by atoms with van der Waals surface area (Å²) in [6, 6.07) is 3.74. The zero-order valence-corrected chi connectivity index (χ0v) is 8.90. The van der Waals surface area contributed by atoms with Crippen molar-refractivity contribution >= 4 is 5.78 Å². The molecule has 2 heterocycles. The van der Waals surface area contributed by atoms with Crippen molar-refractivity contribution in [3.05, 3.63) is 30.1 Å². The molecule has 1 aromatic heterocycles. The van der Waals surface area contributed by atoms with E-state index < -0.39 is 5.60 Å². The lowest BCUT2D eigenvalue weighted by atomic mass is 9.93. The van der Waals surface area contributed by atoms with Crippen molar-refractivity contribution < 1.29 is 9.53 Å². The van der Waals surface area contributed by atoms with E-state index in [1.807, 2.05) is 19.1 Å². The molecule has 1 saturated heterocycles. The third-order valence-electron chi connectivity index (χ3n) is 2.92. The Hall–Kier alpha value is -1.22. The number of hydrogen-bond acceptors (Lipinski definition) is 3. The van der Waals surface area contributed by atoms with Crippen LogP contribution in [-0.4, -0.2) is 23.0 Å². The average Bonchev–Trinajstić information content (AvgIpc) is 2.68. The zero-order valence-electron chi connectivity index (χ0n) is 8.90. The van der Waals surface area contributed by atoms with Crippen LogP contribution in [0.5, 0.6) is 0 Å². The minimum Gasteiger partial charge on any atom is -0.367 e. The molecule has 0 amide bonds. The number of pyridine rings is 1. The van der Waals surface area contributed by atoms with Crippen LogP contribution in [0.25, 0.3) is 0 Å². The molecule has 1 aromatic rings. The lowest BCUT2D eigenvalue weighted by Gasteiger charge is -2.21. The summed E-state index contributed by atoms with van der Waals surface area (Å²) in [5.74, 6) is 0.172. The summed E-state index contributed by atoms with van der Waals surface area (Å²) in [6.45, 7) is 2.60. The predicted molar refractivity (Wildman–Crippen MR) is 56.5 cm³/mol. The monoisotopic (exact) mass is 205 g/mol. The minimum atomic E-state index is -0.552. The first-order valence-corrected chi connectivity index (χ1v) is 5.27. The van der Waals surface area contributed by atoms with Crippen LogP contribution in [0.4, 0.5) is 0 Å². The van der Waals surface area contributed by atoms with Gasteiger partial charge in [-0.3, -0.25) is 9.78 Å². The fourth-order valence-electron chi connectivity index (χ4n) is 1.87. The van der Waals surface area contributed by atoms with Crippen LogP contribution in [0.15, 0.2) is 24.5 Å². The SMILES string of the molecule is CC1(C(=O)Cc2ccncc2)CCCO1. The molecule has 3 nitrogen and oxygen atoms in total. The molecule has 80 valence electrons. The predicted octanol–water partition coefficient (Wildman–Crippen LogP) is 1.76. The fourth-order valence-corrected chi connectivity index (χ4v) is 1.87. The van der Waals surface area contributed by atoms with E-state index >= 15 is 0 Å². The van der Waals surface area contributed by atoms with Crippen LogP contribution >= 0.6 is 0 Å². The molecule has 1 fully saturated rings. The van der Waals surface area contributed by atoms with Gasteiger partial charge in [-0.25, -0.2) is 0 Å². The van der Waals surface area contributed by atoms with Crippen molar-refractivity contribution in [3.63, 3.8) is 0 Å². The number of Topliss-reactive ketones (excluding diaryl/α,β-unsaturated/α-hetero) is 1. The summed E-state index contributed by atoms with van der Waals surface area (Å²) in [6.07, 6.45) is 5.69. The average molecular weight is 205 g/mol. The van der Waals surface area contributed by atoms with E-state index in [2.05, 4.69) is 4.98 Å². The van der Waals surface area contributed by atoms with E-state index in [0.29, 0.717) is 13.0 Å². The number of carbonyl (C=O) groups is 1. The van der Waals surface area contributed by atoms with Crippen LogP contribution in [0.1, 0.15) is 25.3 Å². The van der Waals surface area contributed by atoms with Crippen LogP contribution in [0.3, 0.4) is 0 Å². The Bertz CT molecular complexity index is 342. The van der Waals surface area contributed by atoms with Gasteiger partial charge in [0.15, 0.2) is 5.78 Å². The summed E-state index contributed by atoms with van der Waals surface area (Å²) >= 11 is 0. The highest BCUT2D eigenvalue weighted by Crippen LogP contribution is 2.27. The van der Waals surface area contributed by atoms with Gasteiger partial charge in [0.25, 0.3) is 0 Å². The van der Waals surface area contributed by atoms with Crippen molar-refractivity contribution in [2.75, 3.05) is 6.61 Å². The van der Waals surface area contributed by atoms with Gasteiger partial charge in [-0.15, -0.1) is 0 Å². The molecular weight excluding hydrogens is 190 g/mol. The maximum absolute atomic E-state index is 12.0. The van der Waals surface area contributed by atoms with Crippen molar-refractivity contribution in [1.82, 2.24) is 4.98 Å². The highest BCUT2D eigenvalue weighted by molar-refractivity contribution is 5.89. The molecule has 1 aliphatic heterocycles. The van der Waals surface area contributed by atoms with Gasteiger partial charge in [-0.1, -0.05) is 0 Å². The lowest BCUT2D eigenvalue weighted by Crippen LogP contribution is -2.35. The fraction of sp³-hybridized carbons (Fsp3) is 0.500. The maximum atomic E-state index is 12.0. The molecule has 1 unspecified atom stereocenters. The zero-order chi connectivity index (χ0) is 10.7. The molecule has 0 bridgehead atoms. The third kappa shape index (κ3) is 2.23. The van der Waals surface area contributed by atoms with Crippen molar-refractivity contribution in [3.8, 4) is 0 Å². The van der Waals surface area contributed by atoms with Crippen molar-refractivity contribution in [2.45, 2.75) is 31.8 Å². The maximum Gasteiger partial charge on any atom is 0.168 e. The first kappa shape index (κ1) is 10.3. The van der Waals surface area contributed by atoms with Crippen LogP contribution in [0.2, 0.25) is 0 Å². The Labute approximate surface area is 89.5 Å². The Morgan fingerprint density at radius 1 is 1.53 bits per heavy atom. The van der Waals surface area contributed by atoms with E-state index in [4.69, 9.17) is 4.74 Å². The number of ether oxygens (including phenoxy) is 1. The molecule has 0 saturated carbocycles. The quantitative estimate of drug-likeness (QED) is 0.754. The second-order valence-corrected chi connectivity index (χ2v) is 4.14. The van der Waals surface area contributed by atoms with E-state index in [9.17, 15) is 4.79 Å². The molecule has 2 rings (SSSR count). The van der Waals surface area contributed by atoms with Crippen LogP contribution in [0, 0.1) is 0 Å². The molecule has 0 aromatic carbocycles. The summed E-state index contributed by atoms with van der Waals surface area (Å²) in [5.41, 5.74) is 0.454. The summed E-state index contributed by atoms with van der Waals surface area (Å²) in [7, 11) is 0. The van der Waals surface area contributed by atoms with E-state index in [1.54, 1.807) is 12.4 Å². The molecule has 3 heteroatoms. The van der Waals surface area contributed by atoms with Gasteiger partial charge in [0.05, 0.1) is 0 Å². The molecular formula is C12H15NO2. The molecule has 0 aliphatic carbocycles. The van der Waals surface area contributed by atoms with Crippen molar-refractivity contribution in [1.29, 1.82) is 0 Å².